The van der Waals surface area contributed by atoms with Crippen LogP contribution in [-0.2, 0) is 4.79 Å². The molecule has 0 aliphatic heterocycles. The van der Waals surface area contributed by atoms with Crippen molar-refractivity contribution in [1.82, 2.24) is 16.2 Å². The Labute approximate surface area is 196 Å². The Balaban J connectivity index is 1.25. The number of nitrogens with one attached hydrogen (secondary N) is 4. The van der Waals surface area contributed by atoms with E-state index in [1.165, 1.54) is 0 Å². The zero-order chi connectivity index (χ0) is 23.2. The fourth-order valence-corrected chi connectivity index (χ4v) is 3.28. The minimum atomic E-state index is -0.432. The summed E-state index contributed by atoms with van der Waals surface area (Å²) in [6.45, 7) is 0. The maximum absolute atomic E-state index is 12.4. The first-order valence-electron chi connectivity index (χ1n) is 10.5. The summed E-state index contributed by atoms with van der Waals surface area (Å²) in [5, 5.41) is 5.31. The molecule has 7 nitrogen and oxygen atoms in total. The van der Waals surface area contributed by atoms with E-state index in [4.69, 9.17) is 12.2 Å². The monoisotopic (exact) mass is 458 g/mol. The van der Waals surface area contributed by atoms with E-state index in [1.807, 2.05) is 42.5 Å². The van der Waals surface area contributed by atoms with Crippen LogP contribution in [0.25, 0.3) is 11.1 Å². The molecule has 3 aromatic carbocycles. The number of rotatable bonds is 5. The second-order valence-corrected chi connectivity index (χ2v) is 8.05. The topological polar surface area (TPSA) is 99.3 Å². The van der Waals surface area contributed by atoms with Crippen molar-refractivity contribution in [1.29, 1.82) is 0 Å². The molecule has 4 rings (SSSR count). The van der Waals surface area contributed by atoms with E-state index in [-0.39, 0.29) is 16.9 Å². The van der Waals surface area contributed by atoms with Gasteiger partial charge in [0.05, 0.1) is 0 Å². The van der Waals surface area contributed by atoms with Gasteiger partial charge in [-0.1, -0.05) is 42.5 Å². The summed E-state index contributed by atoms with van der Waals surface area (Å²) < 4.78 is 0. The number of hydrazine groups is 1. The lowest BCUT2D eigenvalue weighted by Gasteiger charge is -2.11. The maximum atomic E-state index is 12.4. The number of thiocarbonyl (C=S) groups is 1. The molecule has 0 radical (unpaired) electrons. The van der Waals surface area contributed by atoms with Crippen LogP contribution in [0.2, 0.25) is 0 Å². The molecular weight excluding hydrogens is 436 g/mol. The van der Waals surface area contributed by atoms with Crippen molar-refractivity contribution in [3.63, 3.8) is 0 Å². The molecular formula is C25H22N4O3S. The highest BCUT2D eigenvalue weighted by Crippen LogP contribution is 2.30. The van der Waals surface area contributed by atoms with Crippen molar-refractivity contribution in [2.75, 3.05) is 5.32 Å². The van der Waals surface area contributed by atoms with Crippen LogP contribution in [0.4, 0.5) is 5.69 Å². The largest absolute Gasteiger partial charge is 0.326 e. The average Bonchev–Trinajstić information content (AvgIpc) is 3.69. The van der Waals surface area contributed by atoms with Gasteiger partial charge in [0.15, 0.2) is 5.11 Å². The second kappa shape index (κ2) is 10.1. The molecule has 0 aromatic heterocycles. The minimum absolute atomic E-state index is 0.00432. The molecule has 4 N–H and O–H groups in total. The van der Waals surface area contributed by atoms with Gasteiger partial charge < -0.3 is 5.32 Å². The Bertz CT molecular complexity index is 1170. The highest BCUT2D eigenvalue weighted by atomic mass is 32.1. The maximum Gasteiger partial charge on any atom is 0.269 e. The number of hydrogen-bond acceptors (Lipinski definition) is 4. The Kier molecular flexibility index (Phi) is 6.75. The second-order valence-electron chi connectivity index (χ2n) is 7.65. The van der Waals surface area contributed by atoms with Crippen LogP contribution < -0.4 is 21.5 Å². The normalized spacial score (nSPS) is 12.4. The molecule has 0 saturated heterocycles. The first-order valence-corrected chi connectivity index (χ1v) is 10.9. The lowest BCUT2D eigenvalue weighted by atomic mass is 10.0. The van der Waals surface area contributed by atoms with Gasteiger partial charge in [-0.3, -0.25) is 30.6 Å². The third kappa shape index (κ3) is 6.02. The highest BCUT2D eigenvalue weighted by molar-refractivity contribution is 7.80. The number of amides is 3. The Morgan fingerprint density at radius 3 is 1.91 bits per heavy atom. The number of carbonyl (C=O) groups is 3. The predicted octanol–water partition coefficient (Wildman–Crippen LogP) is 3.65. The van der Waals surface area contributed by atoms with E-state index in [2.05, 4.69) is 21.5 Å². The molecule has 8 heteroatoms. The molecule has 33 heavy (non-hydrogen) atoms. The first-order chi connectivity index (χ1) is 16.0. The first kappa shape index (κ1) is 22.2. The molecule has 0 spiro atoms. The van der Waals surface area contributed by atoms with Crippen molar-refractivity contribution in [2.45, 2.75) is 12.8 Å². The van der Waals surface area contributed by atoms with Crippen LogP contribution in [0.1, 0.15) is 33.6 Å². The third-order valence-electron chi connectivity index (χ3n) is 5.13. The molecule has 0 unspecified atom stereocenters. The van der Waals surface area contributed by atoms with Crippen LogP contribution in [0.3, 0.4) is 0 Å². The number of benzene rings is 3. The van der Waals surface area contributed by atoms with Gasteiger partial charge in [0, 0.05) is 22.7 Å². The molecule has 166 valence electrons. The van der Waals surface area contributed by atoms with Crippen molar-refractivity contribution in [3.05, 3.63) is 90.0 Å². The summed E-state index contributed by atoms with van der Waals surface area (Å²) >= 11 is 5.09. The van der Waals surface area contributed by atoms with Gasteiger partial charge in [-0.2, -0.15) is 0 Å². The molecule has 0 atom stereocenters. The molecule has 0 bridgehead atoms. The summed E-state index contributed by atoms with van der Waals surface area (Å²) in [7, 11) is 0. The molecule has 1 saturated carbocycles. The van der Waals surface area contributed by atoms with E-state index in [0.717, 1.165) is 24.0 Å². The Hall–Kier alpha value is -4.04. The average molecular weight is 459 g/mol. The molecule has 3 aromatic rings. The lowest BCUT2D eigenvalue weighted by Crippen LogP contribution is -2.48. The zero-order valence-corrected chi connectivity index (χ0v) is 18.4. The van der Waals surface area contributed by atoms with E-state index in [0.29, 0.717) is 16.8 Å². The van der Waals surface area contributed by atoms with Crippen LogP contribution in [0, 0.1) is 5.92 Å². The fourth-order valence-electron chi connectivity index (χ4n) is 3.13. The van der Waals surface area contributed by atoms with Crippen molar-refractivity contribution in [3.8, 4) is 11.1 Å². The van der Waals surface area contributed by atoms with Crippen LogP contribution in [0.15, 0.2) is 78.9 Å². The molecule has 0 heterocycles. The molecule has 1 fully saturated rings. The van der Waals surface area contributed by atoms with Crippen LogP contribution in [0.5, 0.6) is 0 Å². The standard InChI is InChI=1S/C25H22N4O3S/c30-22(18-10-11-18)26-21-14-12-20(13-15-21)24(32)28-29-25(33)27-23(31)19-8-6-17(7-9-19)16-4-2-1-3-5-16/h1-9,12-15,18H,10-11H2,(H,26,30)(H,28,32)(H2,27,29,31,33). The molecule has 1 aliphatic rings. The van der Waals surface area contributed by atoms with Gasteiger partial charge in [0.2, 0.25) is 5.91 Å². The Morgan fingerprint density at radius 1 is 0.697 bits per heavy atom. The Morgan fingerprint density at radius 2 is 1.27 bits per heavy atom. The van der Waals surface area contributed by atoms with Crippen molar-refractivity contribution in [2.24, 2.45) is 5.92 Å². The van der Waals surface area contributed by atoms with E-state index in [1.54, 1.807) is 36.4 Å². The lowest BCUT2D eigenvalue weighted by molar-refractivity contribution is -0.117. The molecule has 3 amide bonds. The van der Waals surface area contributed by atoms with E-state index < -0.39 is 11.8 Å². The van der Waals surface area contributed by atoms with Gasteiger partial charge in [-0.25, -0.2) is 0 Å². The van der Waals surface area contributed by atoms with Crippen molar-refractivity contribution >= 4 is 40.7 Å². The highest BCUT2D eigenvalue weighted by Gasteiger charge is 2.29. The van der Waals surface area contributed by atoms with Gasteiger partial charge in [0.1, 0.15) is 0 Å². The predicted molar refractivity (Wildman–Crippen MR) is 130 cm³/mol. The quantitative estimate of drug-likeness (QED) is 0.346. The van der Waals surface area contributed by atoms with Gasteiger partial charge in [-0.15, -0.1) is 0 Å². The minimum Gasteiger partial charge on any atom is -0.326 e. The summed E-state index contributed by atoms with van der Waals surface area (Å²) in [5.41, 5.74) is 8.47. The number of anilines is 1. The number of hydrogen-bond donors (Lipinski definition) is 4. The van der Waals surface area contributed by atoms with E-state index in [9.17, 15) is 14.4 Å². The van der Waals surface area contributed by atoms with Gasteiger partial charge in [-0.05, 0) is 72.6 Å². The van der Waals surface area contributed by atoms with Gasteiger partial charge >= 0.3 is 0 Å². The van der Waals surface area contributed by atoms with Crippen LogP contribution in [-0.4, -0.2) is 22.8 Å². The summed E-state index contributed by atoms with van der Waals surface area (Å²) in [6, 6.07) is 23.5. The van der Waals surface area contributed by atoms with Crippen molar-refractivity contribution < 1.29 is 14.4 Å². The SMILES string of the molecule is O=C(NNC(=S)NC(=O)c1ccc(-c2ccccc2)cc1)c1ccc(NC(=O)C2CC2)cc1. The number of carbonyl (C=O) groups excluding carboxylic acids is 3. The summed E-state index contributed by atoms with van der Waals surface area (Å²) in [6.07, 6.45) is 1.85. The molecule has 1 aliphatic carbocycles. The smallest absolute Gasteiger partial charge is 0.269 e. The summed E-state index contributed by atoms with van der Waals surface area (Å²) in [5.74, 6) is -0.712. The van der Waals surface area contributed by atoms with Gasteiger partial charge in [0.25, 0.3) is 11.8 Å². The third-order valence-corrected chi connectivity index (χ3v) is 5.34. The fraction of sp³-hybridized carbons (Fsp3) is 0.120. The zero-order valence-electron chi connectivity index (χ0n) is 17.6. The summed E-state index contributed by atoms with van der Waals surface area (Å²) in [4.78, 5) is 36.5. The van der Waals surface area contributed by atoms with Crippen LogP contribution >= 0.6 is 12.2 Å². The van der Waals surface area contributed by atoms with E-state index >= 15 is 0 Å².